The summed E-state index contributed by atoms with van der Waals surface area (Å²) in [6, 6.07) is 7.97. The molecule has 2 rings (SSSR count). The number of aliphatic carboxylic acids is 1. The summed E-state index contributed by atoms with van der Waals surface area (Å²) >= 11 is 1.65. The smallest absolute Gasteiger partial charge is 0.303 e. The highest BCUT2D eigenvalue weighted by atomic mass is 32.1. The van der Waals surface area contributed by atoms with Crippen molar-refractivity contribution in [3.05, 3.63) is 29.3 Å². The van der Waals surface area contributed by atoms with Crippen LogP contribution in [0.2, 0.25) is 0 Å². The maximum Gasteiger partial charge on any atom is 0.303 e. The van der Waals surface area contributed by atoms with Crippen molar-refractivity contribution in [1.29, 1.82) is 0 Å². The maximum absolute atomic E-state index is 11.6. The van der Waals surface area contributed by atoms with Gasteiger partial charge in [0.25, 0.3) is 0 Å². The number of amides is 1. The van der Waals surface area contributed by atoms with Gasteiger partial charge in [0, 0.05) is 25.8 Å². The Morgan fingerprint density at radius 3 is 2.71 bits per heavy atom. The molecule has 0 radical (unpaired) electrons. The van der Waals surface area contributed by atoms with Gasteiger partial charge in [-0.25, -0.2) is 4.98 Å². The van der Waals surface area contributed by atoms with E-state index in [1.165, 1.54) is 0 Å². The van der Waals surface area contributed by atoms with E-state index in [2.05, 4.69) is 10.3 Å². The Labute approximate surface area is 127 Å². The number of thiazole rings is 1. The van der Waals surface area contributed by atoms with Gasteiger partial charge in [0.15, 0.2) is 0 Å². The number of rotatable bonds is 8. The lowest BCUT2D eigenvalue weighted by atomic mass is 10.2. The van der Waals surface area contributed by atoms with Crippen LogP contribution in [-0.2, 0) is 16.0 Å². The molecule has 0 saturated heterocycles. The molecule has 5 nitrogen and oxygen atoms in total. The predicted molar refractivity (Wildman–Crippen MR) is 82.4 cm³/mol. The number of carbonyl (C=O) groups is 2. The second-order valence-corrected chi connectivity index (χ2v) is 5.89. The molecule has 6 heteroatoms. The Morgan fingerprint density at radius 2 is 1.95 bits per heavy atom. The maximum atomic E-state index is 11.6. The Morgan fingerprint density at radius 1 is 1.19 bits per heavy atom. The summed E-state index contributed by atoms with van der Waals surface area (Å²) in [5.74, 6) is -0.840. The van der Waals surface area contributed by atoms with E-state index in [1.54, 1.807) is 11.3 Å². The van der Waals surface area contributed by atoms with E-state index in [0.29, 0.717) is 25.8 Å². The second-order valence-electron chi connectivity index (χ2n) is 4.78. The molecule has 21 heavy (non-hydrogen) atoms. The molecule has 0 bridgehead atoms. The van der Waals surface area contributed by atoms with Crippen molar-refractivity contribution >= 4 is 33.4 Å². The fraction of sp³-hybridized carbons (Fsp3) is 0.400. The minimum atomic E-state index is -0.814. The second kappa shape index (κ2) is 7.73. The molecule has 0 unspecified atom stereocenters. The monoisotopic (exact) mass is 306 g/mol. The molecule has 2 aromatic rings. The minimum absolute atomic E-state index is 0.0264. The SMILES string of the molecule is O=C(O)CCCCC(=O)NCCc1nc2ccccc2s1. The number of nitrogens with one attached hydrogen (secondary N) is 1. The van der Waals surface area contributed by atoms with Gasteiger partial charge < -0.3 is 10.4 Å². The average Bonchev–Trinajstić information content (AvgIpc) is 2.86. The molecule has 0 spiro atoms. The van der Waals surface area contributed by atoms with Crippen LogP contribution in [0.4, 0.5) is 0 Å². The van der Waals surface area contributed by atoms with Crippen LogP contribution >= 0.6 is 11.3 Å². The molecule has 1 heterocycles. The third kappa shape index (κ3) is 5.15. The van der Waals surface area contributed by atoms with E-state index in [4.69, 9.17) is 5.11 Å². The van der Waals surface area contributed by atoms with Crippen molar-refractivity contribution in [1.82, 2.24) is 10.3 Å². The van der Waals surface area contributed by atoms with E-state index in [0.717, 1.165) is 21.6 Å². The molecule has 0 saturated carbocycles. The quantitative estimate of drug-likeness (QED) is 0.735. The first-order chi connectivity index (χ1) is 10.1. The van der Waals surface area contributed by atoms with Gasteiger partial charge in [-0.2, -0.15) is 0 Å². The van der Waals surface area contributed by atoms with Crippen LogP contribution in [-0.4, -0.2) is 28.5 Å². The molecular weight excluding hydrogens is 288 g/mol. The van der Waals surface area contributed by atoms with E-state index in [1.807, 2.05) is 24.3 Å². The molecule has 2 N–H and O–H groups in total. The van der Waals surface area contributed by atoms with E-state index < -0.39 is 5.97 Å². The molecule has 1 aromatic carbocycles. The fourth-order valence-electron chi connectivity index (χ4n) is 1.99. The third-order valence-electron chi connectivity index (χ3n) is 3.04. The molecule has 112 valence electrons. The van der Waals surface area contributed by atoms with Crippen LogP contribution in [0.25, 0.3) is 10.2 Å². The van der Waals surface area contributed by atoms with Crippen LogP contribution in [0.5, 0.6) is 0 Å². The van der Waals surface area contributed by atoms with Crippen LogP contribution in [0.15, 0.2) is 24.3 Å². The fourth-order valence-corrected chi connectivity index (χ4v) is 2.95. The van der Waals surface area contributed by atoms with Gasteiger partial charge in [-0.15, -0.1) is 11.3 Å². The first-order valence-corrected chi connectivity index (χ1v) is 7.80. The molecule has 0 aliphatic heterocycles. The molecule has 0 aliphatic rings. The predicted octanol–water partition coefficient (Wildman–Crippen LogP) is 2.60. The summed E-state index contributed by atoms with van der Waals surface area (Å²) in [6.45, 7) is 0.567. The molecule has 1 amide bonds. The molecular formula is C15H18N2O3S. The van der Waals surface area contributed by atoms with Crippen molar-refractivity contribution in [2.45, 2.75) is 32.1 Å². The number of carboxylic acids is 1. The number of unbranched alkanes of at least 4 members (excludes halogenated alkanes) is 1. The Balaban J connectivity index is 1.66. The standard InChI is InChI=1S/C15H18N2O3S/c18-13(7-3-4-8-15(19)20)16-10-9-14-17-11-5-1-2-6-12(11)21-14/h1-2,5-6H,3-4,7-10H2,(H,16,18)(H,19,20). The molecule has 1 aromatic heterocycles. The zero-order chi connectivity index (χ0) is 15.1. The zero-order valence-corrected chi connectivity index (χ0v) is 12.5. The van der Waals surface area contributed by atoms with Gasteiger partial charge >= 0.3 is 5.97 Å². The van der Waals surface area contributed by atoms with Gasteiger partial charge in [0.1, 0.15) is 0 Å². The number of carbonyl (C=O) groups excluding carboxylic acids is 1. The average molecular weight is 306 g/mol. The summed E-state index contributed by atoms with van der Waals surface area (Å²) < 4.78 is 1.16. The number of para-hydroxylation sites is 1. The number of fused-ring (bicyclic) bond motifs is 1. The lowest BCUT2D eigenvalue weighted by Crippen LogP contribution is -2.25. The topological polar surface area (TPSA) is 79.3 Å². The summed E-state index contributed by atoms with van der Waals surface area (Å²) in [6.07, 6.45) is 2.38. The first-order valence-electron chi connectivity index (χ1n) is 6.98. The highest BCUT2D eigenvalue weighted by molar-refractivity contribution is 7.18. The number of nitrogens with zero attached hydrogens (tertiary/aromatic N) is 1. The van der Waals surface area contributed by atoms with Gasteiger partial charge in [0.05, 0.1) is 15.2 Å². The number of carboxylic acid groups (broad SMARTS) is 1. The van der Waals surface area contributed by atoms with Gasteiger partial charge in [0.2, 0.25) is 5.91 Å². The molecule has 0 atom stereocenters. The lowest BCUT2D eigenvalue weighted by molar-refractivity contribution is -0.137. The normalized spacial score (nSPS) is 10.7. The Bertz CT molecular complexity index is 591. The minimum Gasteiger partial charge on any atom is -0.481 e. The van der Waals surface area contributed by atoms with E-state index in [-0.39, 0.29) is 12.3 Å². The van der Waals surface area contributed by atoms with Gasteiger partial charge in [-0.3, -0.25) is 9.59 Å². The lowest BCUT2D eigenvalue weighted by Gasteiger charge is -2.03. The summed E-state index contributed by atoms with van der Waals surface area (Å²) in [4.78, 5) is 26.4. The summed E-state index contributed by atoms with van der Waals surface area (Å²) in [5, 5.41) is 12.4. The van der Waals surface area contributed by atoms with Crippen molar-refractivity contribution in [3.8, 4) is 0 Å². The summed E-state index contributed by atoms with van der Waals surface area (Å²) in [7, 11) is 0. The number of benzene rings is 1. The summed E-state index contributed by atoms with van der Waals surface area (Å²) in [5.41, 5.74) is 0.998. The van der Waals surface area contributed by atoms with Crippen LogP contribution < -0.4 is 5.32 Å². The first kappa shape index (κ1) is 15.4. The highest BCUT2D eigenvalue weighted by Gasteiger charge is 2.05. The van der Waals surface area contributed by atoms with Crippen molar-refractivity contribution in [2.24, 2.45) is 0 Å². The van der Waals surface area contributed by atoms with Gasteiger partial charge in [-0.1, -0.05) is 12.1 Å². The highest BCUT2D eigenvalue weighted by Crippen LogP contribution is 2.21. The van der Waals surface area contributed by atoms with Crippen molar-refractivity contribution < 1.29 is 14.7 Å². The molecule has 0 aliphatic carbocycles. The van der Waals surface area contributed by atoms with Gasteiger partial charge in [-0.05, 0) is 25.0 Å². The van der Waals surface area contributed by atoms with Crippen LogP contribution in [0.3, 0.4) is 0 Å². The van der Waals surface area contributed by atoms with Crippen molar-refractivity contribution in [2.75, 3.05) is 6.54 Å². The Hall–Kier alpha value is -1.95. The largest absolute Gasteiger partial charge is 0.481 e. The number of hydrogen-bond acceptors (Lipinski definition) is 4. The Kier molecular flexibility index (Phi) is 5.68. The van der Waals surface area contributed by atoms with E-state index >= 15 is 0 Å². The number of hydrogen-bond donors (Lipinski definition) is 2. The number of aromatic nitrogens is 1. The third-order valence-corrected chi connectivity index (χ3v) is 4.14. The van der Waals surface area contributed by atoms with Crippen molar-refractivity contribution in [3.63, 3.8) is 0 Å². The van der Waals surface area contributed by atoms with E-state index in [9.17, 15) is 9.59 Å². The molecule has 0 fully saturated rings. The zero-order valence-electron chi connectivity index (χ0n) is 11.7. The van der Waals surface area contributed by atoms with Crippen LogP contribution in [0, 0.1) is 0 Å². The van der Waals surface area contributed by atoms with Crippen LogP contribution in [0.1, 0.15) is 30.7 Å².